The minimum Gasteiger partial charge on any atom is -0.328 e. The summed E-state index contributed by atoms with van der Waals surface area (Å²) in [5.74, 6) is 0. The van der Waals surface area contributed by atoms with E-state index in [1.807, 2.05) is 0 Å². The first kappa shape index (κ1) is 10.2. The van der Waals surface area contributed by atoms with Crippen molar-refractivity contribution in [3.05, 3.63) is 20.8 Å². The fourth-order valence-electron chi connectivity index (χ4n) is 1.02. The molecule has 0 saturated carbocycles. The molecule has 0 aliphatic carbocycles. The van der Waals surface area contributed by atoms with Crippen LogP contribution in [-0.4, -0.2) is 6.04 Å². The topological polar surface area (TPSA) is 26.0 Å². The zero-order valence-corrected chi connectivity index (χ0v) is 9.62. The Bertz CT molecular complexity index is 234. The molecular weight excluding hydrogens is 234 g/mol. The Labute approximate surface area is 86.1 Å². The second-order valence-electron chi connectivity index (χ2n) is 2.91. The van der Waals surface area contributed by atoms with Crippen LogP contribution in [0.3, 0.4) is 0 Å². The van der Waals surface area contributed by atoms with Crippen LogP contribution in [0.1, 0.15) is 24.6 Å². The second-order valence-corrected chi connectivity index (χ2v) is 5.46. The Kier molecular flexibility index (Phi) is 4.26. The van der Waals surface area contributed by atoms with Gasteiger partial charge in [-0.3, -0.25) is 0 Å². The molecule has 3 heteroatoms. The van der Waals surface area contributed by atoms with Crippen LogP contribution in [-0.2, 0) is 6.42 Å². The Hall–Kier alpha value is 0.140. The Morgan fingerprint density at radius 2 is 2.33 bits per heavy atom. The van der Waals surface area contributed by atoms with E-state index in [9.17, 15) is 0 Å². The minimum absolute atomic E-state index is 0.367. The van der Waals surface area contributed by atoms with Gasteiger partial charge < -0.3 is 5.73 Å². The Balaban J connectivity index is 2.33. The molecule has 1 aromatic heterocycles. The van der Waals surface area contributed by atoms with Gasteiger partial charge in [0.25, 0.3) is 0 Å². The maximum Gasteiger partial charge on any atom is 0.0701 e. The molecule has 2 N–H and O–H groups in total. The summed E-state index contributed by atoms with van der Waals surface area (Å²) in [5, 5.41) is 0. The third-order valence-electron chi connectivity index (χ3n) is 1.91. The van der Waals surface area contributed by atoms with Crippen molar-refractivity contribution in [3.63, 3.8) is 0 Å². The molecule has 0 spiro atoms. The molecular formula is C9H14BrNS. The largest absolute Gasteiger partial charge is 0.328 e. The molecule has 12 heavy (non-hydrogen) atoms. The van der Waals surface area contributed by atoms with E-state index < -0.39 is 0 Å². The summed E-state index contributed by atoms with van der Waals surface area (Å²) in [6.45, 7) is 2.13. The van der Waals surface area contributed by atoms with Crippen molar-refractivity contribution < 1.29 is 0 Å². The van der Waals surface area contributed by atoms with Crippen molar-refractivity contribution >= 4 is 27.3 Å². The van der Waals surface area contributed by atoms with Crippen molar-refractivity contribution in [2.75, 3.05) is 0 Å². The number of nitrogens with two attached hydrogens (primary N) is 1. The van der Waals surface area contributed by atoms with Gasteiger partial charge in [0.15, 0.2) is 0 Å². The smallest absolute Gasteiger partial charge is 0.0701 e. The number of thiophene rings is 1. The molecule has 0 aromatic carbocycles. The van der Waals surface area contributed by atoms with E-state index >= 15 is 0 Å². The minimum atomic E-state index is 0.367. The van der Waals surface area contributed by atoms with Crippen molar-refractivity contribution in [2.45, 2.75) is 32.2 Å². The van der Waals surface area contributed by atoms with E-state index in [1.165, 1.54) is 8.66 Å². The summed E-state index contributed by atoms with van der Waals surface area (Å²) in [6, 6.07) is 4.63. The lowest BCUT2D eigenvalue weighted by Gasteiger charge is -2.05. The first-order valence-electron chi connectivity index (χ1n) is 4.22. The third-order valence-corrected chi connectivity index (χ3v) is 3.60. The molecule has 1 aromatic rings. The summed E-state index contributed by atoms with van der Waals surface area (Å²) < 4.78 is 1.21. The first-order chi connectivity index (χ1) is 5.72. The summed E-state index contributed by atoms with van der Waals surface area (Å²) in [6.07, 6.45) is 3.29. The molecule has 0 aliphatic heterocycles. The molecule has 1 unspecified atom stereocenters. The van der Waals surface area contributed by atoms with Crippen molar-refractivity contribution in [3.8, 4) is 0 Å². The van der Waals surface area contributed by atoms with E-state index in [4.69, 9.17) is 5.73 Å². The van der Waals surface area contributed by atoms with Gasteiger partial charge in [-0.1, -0.05) is 6.92 Å². The highest BCUT2D eigenvalue weighted by Gasteiger charge is 2.01. The van der Waals surface area contributed by atoms with E-state index in [-0.39, 0.29) is 0 Å². The van der Waals surface area contributed by atoms with Crippen LogP contribution in [0.25, 0.3) is 0 Å². The SMILES string of the molecule is CCC(N)CCc1ccc(Br)s1. The van der Waals surface area contributed by atoms with Gasteiger partial charge >= 0.3 is 0 Å². The predicted octanol–water partition coefficient (Wildman–Crippen LogP) is 3.18. The lowest BCUT2D eigenvalue weighted by Crippen LogP contribution is -2.18. The molecule has 1 atom stereocenters. The molecule has 1 nitrogen and oxygen atoms in total. The van der Waals surface area contributed by atoms with Gasteiger partial charge in [0.2, 0.25) is 0 Å². The van der Waals surface area contributed by atoms with Crippen LogP contribution >= 0.6 is 27.3 Å². The quantitative estimate of drug-likeness (QED) is 0.870. The fraction of sp³-hybridized carbons (Fsp3) is 0.556. The lowest BCUT2D eigenvalue weighted by molar-refractivity contribution is 0.599. The maximum absolute atomic E-state index is 5.82. The highest BCUT2D eigenvalue weighted by Crippen LogP contribution is 2.23. The van der Waals surface area contributed by atoms with E-state index in [0.717, 1.165) is 19.3 Å². The fourth-order valence-corrected chi connectivity index (χ4v) is 2.52. The molecule has 0 radical (unpaired) electrons. The maximum atomic E-state index is 5.82. The first-order valence-corrected chi connectivity index (χ1v) is 5.83. The van der Waals surface area contributed by atoms with E-state index in [1.54, 1.807) is 11.3 Å². The van der Waals surface area contributed by atoms with Gasteiger partial charge in [-0.15, -0.1) is 11.3 Å². The number of halogens is 1. The highest BCUT2D eigenvalue weighted by molar-refractivity contribution is 9.11. The van der Waals surface area contributed by atoms with Gasteiger partial charge in [0.1, 0.15) is 0 Å². The van der Waals surface area contributed by atoms with Gasteiger partial charge in [0, 0.05) is 10.9 Å². The summed E-state index contributed by atoms with van der Waals surface area (Å²) in [7, 11) is 0. The molecule has 1 heterocycles. The van der Waals surface area contributed by atoms with Crippen LogP contribution in [0.4, 0.5) is 0 Å². The Morgan fingerprint density at radius 1 is 1.58 bits per heavy atom. The Morgan fingerprint density at radius 3 is 2.83 bits per heavy atom. The van der Waals surface area contributed by atoms with E-state index in [2.05, 4.69) is 35.0 Å². The summed E-state index contributed by atoms with van der Waals surface area (Å²) in [5.41, 5.74) is 5.82. The van der Waals surface area contributed by atoms with Crippen LogP contribution in [0.15, 0.2) is 15.9 Å². The van der Waals surface area contributed by atoms with Crippen molar-refractivity contribution in [2.24, 2.45) is 5.73 Å². The molecule has 68 valence electrons. The third kappa shape index (κ3) is 3.25. The number of rotatable bonds is 4. The molecule has 0 fully saturated rings. The zero-order chi connectivity index (χ0) is 8.97. The highest BCUT2D eigenvalue weighted by atomic mass is 79.9. The normalized spacial score (nSPS) is 13.2. The molecule has 1 rings (SSSR count). The second kappa shape index (κ2) is 5.00. The standard InChI is InChI=1S/C9H14BrNS/c1-2-7(11)3-4-8-5-6-9(10)12-8/h5-7H,2-4,11H2,1H3. The summed E-state index contributed by atoms with van der Waals surface area (Å²) in [4.78, 5) is 1.42. The average molecular weight is 248 g/mol. The lowest BCUT2D eigenvalue weighted by atomic mass is 10.1. The molecule has 0 bridgehead atoms. The monoisotopic (exact) mass is 247 g/mol. The van der Waals surface area contributed by atoms with Gasteiger partial charge in [-0.2, -0.15) is 0 Å². The average Bonchev–Trinajstić information content (AvgIpc) is 2.47. The van der Waals surface area contributed by atoms with Crippen molar-refractivity contribution in [1.29, 1.82) is 0 Å². The van der Waals surface area contributed by atoms with Gasteiger partial charge in [-0.05, 0) is 47.3 Å². The van der Waals surface area contributed by atoms with E-state index in [0.29, 0.717) is 6.04 Å². The number of hydrogen-bond donors (Lipinski definition) is 1. The number of hydrogen-bond acceptors (Lipinski definition) is 2. The van der Waals surface area contributed by atoms with Gasteiger partial charge in [0.05, 0.1) is 3.79 Å². The molecule has 0 saturated heterocycles. The molecule has 0 amide bonds. The number of aryl methyl sites for hydroxylation is 1. The van der Waals surface area contributed by atoms with Crippen LogP contribution in [0, 0.1) is 0 Å². The van der Waals surface area contributed by atoms with Crippen LogP contribution in [0.2, 0.25) is 0 Å². The van der Waals surface area contributed by atoms with Crippen LogP contribution in [0.5, 0.6) is 0 Å². The molecule has 0 aliphatic rings. The van der Waals surface area contributed by atoms with Crippen LogP contribution < -0.4 is 5.73 Å². The zero-order valence-electron chi connectivity index (χ0n) is 7.22. The van der Waals surface area contributed by atoms with Crippen molar-refractivity contribution in [1.82, 2.24) is 0 Å². The predicted molar refractivity (Wildman–Crippen MR) is 58.6 cm³/mol. The summed E-state index contributed by atoms with van der Waals surface area (Å²) >= 11 is 5.24. The van der Waals surface area contributed by atoms with Gasteiger partial charge in [-0.25, -0.2) is 0 Å².